The van der Waals surface area contributed by atoms with E-state index in [0.717, 1.165) is 38.6 Å². The number of fused-ring (bicyclic) bond motifs is 2. The van der Waals surface area contributed by atoms with Gasteiger partial charge in [0, 0.05) is 57.0 Å². The number of ether oxygens (including phenoxy) is 1. The number of hydrogen-bond acceptors (Lipinski definition) is 8. The molecule has 0 aliphatic rings. The Morgan fingerprint density at radius 2 is 1.70 bits per heavy atom. The molecule has 0 bridgehead atoms. The minimum atomic E-state index is -0.457. The summed E-state index contributed by atoms with van der Waals surface area (Å²) in [7, 11) is -0.225. The molecular weight excluding hydrogens is 645 g/mol. The molecule has 2 heterocycles. The number of hydrogen-bond donors (Lipinski definition) is 6. The summed E-state index contributed by atoms with van der Waals surface area (Å²) in [5.41, 5.74) is 4.23. The number of carbonyl (C=O) groups is 1. The van der Waals surface area contributed by atoms with Crippen LogP contribution in [0.4, 0.5) is 27.8 Å². The Hall–Kier alpha value is -5.80. The van der Waals surface area contributed by atoms with Gasteiger partial charge in [-0.05, 0) is 67.5 Å². The number of aromatic nitrogens is 4. The Morgan fingerprint density at radius 3 is 2.44 bits per heavy atom. The van der Waals surface area contributed by atoms with Crippen molar-refractivity contribution in [1.82, 2.24) is 25.5 Å². The summed E-state index contributed by atoms with van der Waals surface area (Å²) < 4.78 is 6.27. The van der Waals surface area contributed by atoms with Crippen LogP contribution in [0.25, 0.3) is 21.7 Å². The molecule has 11 nitrogen and oxygen atoms in total. The topological polar surface area (TPSA) is 153 Å². The van der Waals surface area contributed by atoms with Gasteiger partial charge in [-0.1, -0.05) is 65.1 Å². The van der Waals surface area contributed by atoms with E-state index >= 15 is 0 Å². The first-order chi connectivity index (χ1) is 23.9. The molecule has 0 fully saturated rings. The molecule has 0 atom stereocenters. The average molecular weight is 686 g/mol. The minimum Gasteiger partial charge on any atom is -0.438 e. The maximum absolute atomic E-state index is 13.4. The summed E-state index contributed by atoms with van der Waals surface area (Å²) in [4.78, 5) is 22.4. The van der Waals surface area contributed by atoms with Gasteiger partial charge in [-0.2, -0.15) is 10.1 Å². The summed E-state index contributed by atoms with van der Waals surface area (Å²) in [5, 5.41) is 32.0. The first-order valence-corrected chi connectivity index (χ1v) is 18.3. The van der Waals surface area contributed by atoms with Crippen LogP contribution < -0.4 is 31.3 Å². The highest BCUT2D eigenvalue weighted by Gasteiger charge is 2.18. The fourth-order valence-corrected chi connectivity index (χ4v) is 5.96. The number of H-pyrrole nitrogens is 1. The second-order valence-corrected chi connectivity index (χ2v) is 15.4. The molecule has 6 aromatic rings. The molecular formula is C38H40N9O2P. The van der Waals surface area contributed by atoms with Crippen LogP contribution in [0.2, 0.25) is 0 Å². The molecule has 0 aliphatic heterocycles. The maximum Gasteiger partial charge on any atom is 0.324 e. The van der Waals surface area contributed by atoms with Gasteiger partial charge >= 0.3 is 6.03 Å². The van der Waals surface area contributed by atoms with Crippen molar-refractivity contribution in [2.45, 2.75) is 27.7 Å². The zero-order valence-electron chi connectivity index (χ0n) is 28.8. The molecule has 4 aromatic carbocycles. The van der Waals surface area contributed by atoms with E-state index in [4.69, 9.17) is 10.1 Å². The van der Waals surface area contributed by atoms with Crippen molar-refractivity contribution in [2.24, 2.45) is 5.41 Å². The molecule has 2 aromatic heterocycles. The second kappa shape index (κ2) is 14.4. The van der Waals surface area contributed by atoms with Gasteiger partial charge < -0.3 is 26.1 Å². The van der Waals surface area contributed by atoms with Crippen molar-refractivity contribution < 1.29 is 9.53 Å². The van der Waals surface area contributed by atoms with Gasteiger partial charge in [0.15, 0.2) is 0 Å². The maximum atomic E-state index is 13.4. The highest BCUT2D eigenvalue weighted by Crippen LogP contribution is 2.34. The van der Waals surface area contributed by atoms with Crippen LogP contribution in [-0.2, 0) is 0 Å². The van der Waals surface area contributed by atoms with Crippen molar-refractivity contribution in [2.75, 3.05) is 29.3 Å². The lowest BCUT2D eigenvalue weighted by atomic mass is 9.90. The molecule has 50 heavy (non-hydrogen) atoms. The van der Waals surface area contributed by atoms with E-state index in [9.17, 15) is 4.79 Å². The zero-order chi connectivity index (χ0) is 35.4. The summed E-state index contributed by atoms with van der Waals surface area (Å²) in [5.74, 6) is 1.70. The standard InChI is InChI=1S/C38H40N9O2P/c1-23-19-26(20-24-22-41-47-35(23)24)43-36-40-18-17-34(46-36)49-31-16-15-30(28-9-7-8-10-29(28)31)44-37(48)45-33(21-32(39)38(2,3)4)42-25-11-13-27(14-12-25)50(5)6/h7-22,39,42H,1-6H3,(H,41,47)(H,40,43,46)(H2,44,45,48)/b33-21+,39-32?. The molecule has 6 rings (SSSR count). The normalized spacial score (nSPS) is 11.9. The summed E-state index contributed by atoms with van der Waals surface area (Å²) in [6.07, 6.45) is 5.06. The van der Waals surface area contributed by atoms with E-state index in [1.165, 1.54) is 5.30 Å². The predicted molar refractivity (Wildman–Crippen MR) is 206 cm³/mol. The third-order valence-electron chi connectivity index (χ3n) is 7.99. The number of aromatic amines is 1. The van der Waals surface area contributed by atoms with Crippen LogP contribution in [0.5, 0.6) is 11.6 Å². The molecule has 254 valence electrons. The smallest absolute Gasteiger partial charge is 0.324 e. The van der Waals surface area contributed by atoms with E-state index in [1.54, 1.807) is 36.7 Å². The third kappa shape index (κ3) is 8.07. The van der Waals surface area contributed by atoms with Crippen molar-refractivity contribution >= 4 is 69.7 Å². The Morgan fingerprint density at radius 1 is 0.940 bits per heavy atom. The van der Waals surface area contributed by atoms with E-state index in [1.807, 2.05) is 76.2 Å². The van der Waals surface area contributed by atoms with Gasteiger partial charge in [0.2, 0.25) is 11.8 Å². The van der Waals surface area contributed by atoms with Crippen molar-refractivity contribution in [3.8, 4) is 11.6 Å². The highest BCUT2D eigenvalue weighted by molar-refractivity contribution is 7.64. The van der Waals surface area contributed by atoms with E-state index in [-0.39, 0.29) is 7.92 Å². The van der Waals surface area contributed by atoms with Crippen LogP contribution in [0.15, 0.2) is 103 Å². The number of carbonyl (C=O) groups excluding carboxylic acids is 1. The Bertz CT molecular complexity index is 2220. The summed E-state index contributed by atoms with van der Waals surface area (Å²) >= 11 is 0. The van der Waals surface area contributed by atoms with Crippen molar-refractivity contribution in [3.05, 3.63) is 109 Å². The lowest BCUT2D eigenvalue weighted by Crippen LogP contribution is -2.32. The number of allylic oxidation sites excluding steroid dienone is 1. The SMILES string of the molecule is Cc1cc(Nc2nccc(Oc3ccc(NC(=O)N/C(=C/C(=N)C(C)(C)C)Nc4ccc(P(C)C)cc4)c4ccccc34)n2)cc2cn[nH]c12. The van der Waals surface area contributed by atoms with E-state index in [2.05, 4.69) is 66.9 Å². The minimum absolute atomic E-state index is 0.225. The monoisotopic (exact) mass is 685 g/mol. The highest BCUT2D eigenvalue weighted by atomic mass is 31.1. The molecule has 0 radical (unpaired) electrons. The van der Waals surface area contributed by atoms with Crippen molar-refractivity contribution in [1.29, 1.82) is 5.41 Å². The summed E-state index contributed by atoms with van der Waals surface area (Å²) in [6, 6.07) is 24.6. The number of rotatable bonds is 10. The largest absolute Gasteiger partial charge is 0.438 e. The fraction of sp³-hybridized carbons (Fsp3) is 0.184. The Labute approximate surface area is 292 Å². The van der Waals surface area contributed by atoms with Gasteiger partial charge in [-0.25, -0.2) is 9.78 Å². The molecule has 12 heteroatoms. The zero-order valence-corrected chi connectivity index (χ0v) is 29.7. The predicted octanol–water partition coefficient (Wildman–Crippen LogP) is 8.86. The Kier molecular flexibility index (Phi) is 9.79. The van der Waals surface area contributed by atoms with Gasteiger partial charge in [-0.15, -0.1) is 0 Å². The van der Waals surface area contributed by atoms with E-state index in [0.29, 0.717) is 34.8 Å². The molecule has 2 amide bonds. The molecule has 0 aliphatic carbocycles. The lowest BCUT2D eigenvalue weighted by molar-refractivity contribution is 0.254. The molecule has 0 saturated carbocycles. The lowest BCUT2D eigenvalue weighted by Gasteiger charge is -2.20. The van der Waals surface area contributed by atoms with Gasteiger partial charge in [0.1, 0.15) is 11.6 Å². The molecule has 0 saturated heterocycles. The summed E-state index contributed by atoms with van der Waals surface area (Å²) in [6.45, 7) is 12.3. The number of amides is 2. The number of aryl methyl sites for hydroxylation is 1. The van der Waals surface area contributed by atoms with Gasteiger partial charge in [0.05, 0.1) is 17.4 Å². The first kappa shape index (κ1) is 34.1. The van der Waals surface area contributed by atoms with E-state index < -0.39 is 11.4 Å². The van der Waals surface area contributed by atoms with Crippen LogP contribution in [-0.4, -0.2) is 45.2 Å². The first-order valence-electron chi connectivity index (χ1n) is 16.1. The van der Waals surface area contributed by atoms with Gasteiger partial charge in [-0.3, -0.25) is 10.4 Å². The van der Waals surface area contributed by atoms with Crippen LogP contribution >= 0.6 is 7.92 Å². The molecule has 6 N–H and O–H groups in total. The van der Waals surface area contributed by atoms with Crippen molar-refractivity contribution in [3.63, 3.8) is 0 Å². The number of anilines is 4. The Balaban J connectivity index is 1.20. The van der Waals surface area contributed by atoms with Crippen LogP contribution in [0, 0.1) is 17.7 Å². The number of nitrogens with zero attached hydrogens (tertiary/aromatic N) is 3. The average Bonchev–Trinajstić information content (AvgIpc) is 3.55. The van der Waals surface area contributed by atoms with Gasteiger partial charge in [0.25, 0.3) is 0 Å². The number of nitrogens with one attached hydrogen (secondary N) is 6. The molecule has 0 unspecified atom stereocenters. The fourth-order valence-electron chi connectivity index (χ4n) is 5.22. The second-order valence-electron chi connectivity index (χ2n) is 13.1. The third-order valence-corrected chi connectivity index (χ3v) is 9.32. The quantitative estimate of drug-likeness (QED) is 0.0622. The number of benzene rings is 4. The number of urea groups is 1. The van der Waals surface area contributed by atoms with Crippen LogP contribution in [0.3, 0.4) is 0 Å². The van der Waals surface area contributed by atoms with Crippen LogP contribution in [0.1, 0.15) is 26.3 Å². The molecule has 0 spiro atoms.